The minimum Gasteiger partial charge on any atom is -0.458 e. The van der Waals surface area contributed by atoms with E-state index in [4.69, 9.17) is 13.9 Å². The van der Waals surface area contributed by atoms with Gasteiger partial charge >= 0.3 is 11.9 Å². The summed E-state index contributed by atoms with van der Waals surface area (Å²) in [6.07, 6.45) is 2.41. The largest absolute Gasteiger partial charge is 0.458 e. The Morgan fingerprint density at radius 1 is 1.21 bits per heavy atom. The number of hydrogen-bond acceptors (Lipinski definition) is 5. The van der Waals surface area contributed by atoms with Crippen molar-refractivity contribution in [1.29, 1.82) is 0 Å². The van der Waals surface area contributed by atoms with Crippen LogP contribution in [-0.2, 0) is 29.9 Å². The molecular weight excluding hydrogens is 372 g/mol. The van der Waals surface area contributed by atoms with Gasteiger partial charge in [0.25, 0.3) is 0 Å². The van der Waals surface area contributed by atoms with Crippen LogP contribution >= 0.6 is 0 Å². The molecule has 0 saturated carbocycles. The van der Waals surface area contributed by atoms with Gasteiger partial charge in [-0.15, -0.1) is 0 Å². The predicted octanol–water partition coefficient (Wildman–Crippen LogP) is 4.77. The highest BCUT2D eigenvalue weighted by Gasteiger charge is 2.44. The van der Waals surface area contributed by atoms with E-state index in [1.54, 1.807) is 0 Å². The van der Waals surface area contributed by atoms with Crippen LogP contribution in [0.3, 0.4) is 0 Å². The second kappa shape index (κ2) is 9.05. The molecule has 5 nitrogen and oxygen atoms in total. The van der Waals surface area contributed by atoms with Gasteiger partial charge in [-0.25, -0.2) is 4.79 Å². The van der Waals surface area contributed by atoms with E-state index in [2.05, 4.69) is 46.0 Å². The van der Waals surface area contributed by atoms with Crippen LogP contribution in [0, 0.1) is 0 Å². The van der Waals surface area contributed by atoms with Crippen LogP contribution in [0.15, 0.2) is 42.0 Å². The lowest BCUT2D eigenvalue weighted by Gasteiger charge is -2.38. The average Bonchev–Trinajstić information content (AvgIpc) is 2.93. The molecule has 1 aromatic rings. The maximum absolute atomic E-state index is 12.0. The Morgan fingerprint density at radius 2 is 1.86 bits per heavy atom. The maximum Gasteiger partial charge on any atom is 0.333 e. The van der Waals surface area contributed by atoms with E-state index in [1.165, 1.54) is 18.6 Å². The van der Waals surface area contributed by atoms with Gasteiger partial charge in [-0.3, -0.25) is 4.79 Å². The number of rotatable bonds is 8. The molecule has 1 aliphatic heterocycles. The molecule has 0 amide bonds. The van der Waals surface area contributed by atoms with E-state index in [9.17, 15) is 9.59 Å². The molecule has 2 rings (SSSR count). The Hall–Kier alpha value is -1.92. The molecule has 154 valence electrons. The van der Waals surface area contributed by atoms with E-state index >= 15 is 0 Å². The standard InChI is InChI=1S/C22H32O5Si/c1-16(23)25-19(14-10-13-17-11-8-7-9-12-17)18-15-20(24)26-21(18)27-28(5,6)22(2,3)4/h7-9,11-12,15,19,21H,10,13-14H2,1-6H3. The van der Waals surface area contributed by atoms with Crippen LogP contribution in [0.2, 0.25) is 18.1 Å². The molecule has 1 aliphatic rings. The van der Waals surface area contributed by atoms with Crippen molar-refractivity contribution in [3.8, 4) is 0 Å². The first-order chi connectivity index (χ1) is 13.0. The molecule has 2 atom stereocenters. The summed E-state index contributed by atoms with van der Waals surface area (Å²) in [5.74, 6) is -0.824. The molecule has 0 aliphatic carbocycles. The first kappa shape index (κ1) is 22.4. The number of esters is 2. The zero-order chi connectivity index (χ0) is 20.9. The number of hydrogen-bond donors (Lipinski definition) is 0. The van der Waals surface area contributed by atoms with Crippen molar-refractivity contribution < 1.29 is 23.5 Å². The molecular formula is C22H32O5Si. The fourth-order valence-corrected chi connectivity index (χ4v) is 3.90. The molecule has 0 fully saturated rings. The zero-order valence-corrected chi connectivity index (χ0v) is 18.8. The van der Waals surface area contributed by atoms with Gasteiger partial charge in [-0.2, -0.15) is 0 Å². The molecule has 0 saturated heterocycles. The number of cyclic esters (lactones) is 1. The van der Waals surface area contributed by atoms with Gasteiger partial charge in [0.2, 0.25) is 6.29 Å². The van der Waals surface area contributed by atoms with Gasteiger partial charge in [0, 0.05) is 18.6 Å². The SMILES string of the molecule is CC(=O)OC(CCCc1ccccc1)C1=CC(=O)OC1O[Si](C)(C)C(C)(C)C. The number of carbonyl (C=O) groups excluding carboxylic acids is 2. The Kier molecular flexibility index (Phi) is 7.23. The maximum atomic E-state index is 12.0. The molecule has 6 heteroatoms. The van der Waals surface area contributed by atoms with Crippen molar-refractivity contribution >= 4 is 20.3 Å². The minimum absolute atomic E-state index is 0.0304. The van der Waals surface area contributed by atoms with Gasteiger partial charge in [-0.05, 0) is 43.0 Å². The summed E-state index contributed by atoms with van der Waals surface area (Å²) in [5.41, 5.74) is 1.84. The lowest BCUT2D eigenvalue weighted by Crippen LogP contribution is -2.45. The summed E-state index contributed by atoms with van der Waals surface area (Å²) < 4.78 is 17.3. The second-order valence-electron chi connectivity index (χ2n) is 8.77. The van der Waals surface area contributed by atoms with Crippen LogP contribution in [0.1, 0.15) is 46.1 Å². The van der Waals surface area contributed by atoms with E-state index < -0.39 is 26.7 Å². The van der Waals surface area contributed by atoms with Gasteiger partial charge in [-0.1, -0.05) is 51.1 Å². The topological polar surface area (TPSA) is 61.8 Å². The van der Waals surface area contributed by atoms with E-state index in [1.807, 2.05) is 18.2 Å². The van der Waals surface area contributed by atoms with Crippen molar-refractivity contribution in [1.82, 2.24) is 0 Å². The monoisotopic (exact) mass is 404 g/mol. The molecule has 0 N–H and O–H groups in total. The van der Waals surface area contributed by atoms with Crippen LogP contribution in [-0.4, -0.2) is 32.6 Å². The fraction of sp³-hybridized carbons (Fsp3) is 0.545. The van der Waals surface area contributed by atoms with Crippen molar-refractivity contribution in [2.75, 3.05) is 0 Å². The Balaban J connectivity index is 2.12. The predicted molar refractivity (Wildman–Crippen MR) is 111 cm³/mol. The molecule has 1 aromatic carbocycles. The highest BCUT2D eigenvalue weighted by molar-refractivity contribution is 6.74. The zero-order valence-electron chi connectivity index (χ0n) is 17.8. The molecule has 0 bridgehead atoms. The van der Waals surface area contributed by atoms with Crippen LogP contribution in [0.25, 0.3) is 0 Å². The van der Waals surface area contributed by atoms with Crippen molar-refractivity contribution in [3.05, 3.63) is 47.5 Å². The summed E-state index contributed by atoms with van der Waals surface area (Å²) in [6.45, 7) is 12.0. The average molecular weight is 405 g/mol. The third kappa shape index (κ3) is 6.04. The first-order valence-corrected chi connectivity index (χ1v) is 12.7. The third-order valence-corrected chi connectivity index (χ3v) is 9.86. The quantitative estimate of drug-likeness (QED) is 0.461. The van der Waals surface area contributed by atoms with E-state index in [0.29, 0.717) is 12.0 Å². The number of ether oxygens (including phenoxy) is 2. The highest BCUT2D eigenvalue weighted by Crippen LogP contribution is 2.39. The lowest BCUT2D eigenvalue weighted by molar-refractivity contribution is -0.152. The van der Waals surface area contributed by atoms with Crippen LogP contribution in [0.4, 0.5) is 0 Å². The van der Waals surface area contributed by atoms with E-state index in [0.717, 1.165) is 12.8 Å². The van der Waals surface area contributed by atoms with Crippen LogP contribution in [0.5, 0.6) is 0 Å². The van der Waals surface area contributed by atoms with Crippen molar-refractivity contribution in [3.63, 3.8) is 0 Å². The summed E-state index contributed by atoms with van der Waals surface area (Å²) in [4.78, 5) is 23.7. The fourth-order valence-electron chi connectivity index (χ4n) is 2.82. The smallest absolute Gasteiger partial charge is 0.333 e. The summed E-state index contributed by atoms with van der Waals surface area (Å²) in [6, 6.07) is 10.2. The van der Waals surface area contributed by atoms with E-state index in [-0.39, 0.29) is 11.0 Å². The Bertz CT molecular complexity index is 718. The molecule has 2 unspecified atom stereocenters. The number of benzene rings is 1. The number of aryl methyl sites for hydroxylation is 1. The molecule has 0 radical (unpaired) electrons. The summed E-state index contributed by atoms with van der Waals surface area (Å²) in [5, 5.41) is -0.0304. The Morgan fingerprint density at radius 3 is 2.43 bits per heavy atom. The summed E-state index contributed by atoms with van der Waals surface area (Å²) in [7, 11) is -2.17. The van der Waals surface area contributed by atoms with Crippen molar-refractivity contribution in [2.24, 2.45) is 0 Å². The normalized spacial score (nSPS) is 18.4. The molecule has 0 spiro atoms. The van der Waals surface area contributed by atoms with Gasteiger partial charge in [0.1, 0.15) is 6.10 Å². The number of carbonyl (C=O) groups is 2. The van der Waals surface area contributed by atoms with Gasteiger partial charge in [0.05, 0.1) is 0 Å². The summed E-state index contributed by atoms with van der Waals surface area (Å²) >= 11 is 0. The van der Waals surface area contributed by atoms with Gasteiger partial charge in [0.15, 0.2) is 8.32 Å². The second-order valence-corrected chi connectivity index (χ2v) is 13.5. The molecule has 28 heavy (non-hydrogen) atoms. The molecule has 0 aromatic heterocycles. The minimum atomic E-state index is -2.17. The highest BCUT2D eigenvalue weighted by atomic mass is 28.4. The van der Waals surface area contributed by atoms with Gasteiger partial charge < -0.3 is 13.9 Å². The first-order valence-electron chi connectivity index (χ1n) is 9.80. The van der Waals surface area contributed by atoms with Crippen LogP contribution < -0.4 is 0 Å². The molecule has 1 heterocycles. The Labute approximate surface area is 169 Å². The third-order valence-electron chi connectivity index (χ3n) is 5.44. The van der Waals surface area contributed by atoms with Crippen molar-refractivity contribution in [2.45, 2.75) is 77.5 Å². The lowest BCUT2D eigenvalue weighted by atomic mass is 10.0.